The molecule has 5 nitrogen and oxygen atoms in total. The second-order valence-electron chi connectivity index (χ2n) is 3.84. The fraction of sp³-hybridized carbons (Fsp3) is 0.250. The Bertz CT molecular complexity index is 500. The molecule has 1 saturated heterocycles. The molecule has 0 aromatic heterocycles. The summed E-state index contributed by atoms with van der Waals surface area (Å²) in [7, 11) is 1.56. The zero-order valence-corrected chi connectivity index (χ0v) is 9.73. The molecular weight excluding hydrogens is 218 g/mol. The largest absolute Gasteiger partial charge is 0.305 e. The van der Waals surface area contributed by atoms with Gasteiger partial charge in [0.15, 0.2) is 0 Å². The molecule has 0 aromatic rings. The summed E-state index contributed by atoms with van der Waals surface area (Å²) in [5.41, 5.74) is 1.31. The van der Waals surface area contributed by atoms with Crippen LogP contribution in [-0.4, -0.2) is 34.6 Å². The van der Waals surface area contributed by atoms with E-state index in [-0.39, 0.29) is 17.4 Å². The van der Waals surface area contributed by atoms with Crippen molar-refractivity contribution in [3.63, 3.8) is 0 Å². The summed E-state index contributed by atoms with van der Waals surface area (Å²) in [5.74, 6) is -0.614. The van der Waals surface area contributed by atoms with Crippen LogP contribution >= 0.6 is 0 Å². The average molecular weight is 231 g/mol. The Hall–Kier alpha value is -2.17. The highest BCUT2D eigenvalue weighted by atomic mass is 16.2. The van der Waals surface area contributed by atoms with E-state index in [1.165, 1.54) is 16.1 Å². The summed E-state index contributed by atoms with van der Waals surface area (Å²) < 4.78 is 0. The van der Waals surface area contributed by atoms with Crippen molar-refractivity contribution >= 4 is 17.5 Å². The SMILES string of the molecule is C/C=C1\C(=O)N(C)N(C2=CCC(=N)C=C2)C1=O. The van der Waals surface area contributed by atoms with Crippen molar-refractivity contribution in [3.8, 4) is 0 Å². The van der Waals surface area contributed by atoms with Crippen molar-refractivity contribution < 1.29 is 9.59 Å². The van der Waals surface area contributed by atoms with Gasteiger partial charge in [0, 0.05) is 19.2 Å². The van der Waals surface area contributed by atoms with Crippen LogP contribution in [0.2, 0.25) is 0 Å². The minimum atomic E-state index is -0.315. The van der Waals surface area contributed by atoms with Crippen LogP contribution in [0.4, 0.5) is 0 Å². The molecule has 0 bridgehead atoms. The van der Waals surface area contributed by atoms with Gasteiger partial charge in [0.2, 0.25) is 0 Å². The van der Waals surface area contributed by atoms with Crippen LogP contribution in [0.15, 0.2) is 35.6 Å². The number of carbonyl (C=O) groups is 2. The lowest BCUT2D eigenvalue weighted by atomic mass is 10.1. The molecule has 2 rings (SSSR count). The Morgan fingerprint density at radius 1 is 1.29 bits per heavy atom. The van der Waals surface area contributed by atoms with E-state index in [4.69, 9.17) is 5.41 Å². The molecule has 88 valence electrons. The van der Waals surface area contributed by atoms with Crippen LogP contribution in [0, 0.1) is 5.41 Å². The molecule has 1 aliphatic carbocycles. The van der Waals surface area contributed by atoms with Gasteiger partial charge in [-0.15, -0.1) is 0 Å². The normalized spacial score (nSPS) is 22.8. The van der Waals surface area contributed by atoms with Crippen molar-refractivity contribution in [2.45, 2.75) is 13.3 Å². The van der Waals surface area contributed by atoms with E-state index in [9.17, 15) is 9.59 Å². The maximum atomic E-state index is 12.0. The van der Waals surface area contributed by atoms with Gasteiger partial charge in [-0.3, -0.25) is 9.59 Å². The summed E-state index contributed by atoms with van der Waals surface area (Å²) in [5, 5.41) is 10.1. The van der Waals surface area contributed by atoms with Gasteiger partial charge in [-0.05, 0) is 19.1 Å². The van der Waals surface area contributed by atoms with Gasteiger partial charge in [-0.25, -0.2) is 10.0 Å². The third kappa shape index (κ3) is 1.69. The first-order valence-electron chi connectivity index (χ1n) is 5.30. The summed E-state index contributed by atoms with van der Waals surface area (Å²) in [4.78, 5) is 23.8. The zero-order valence-electron chi connectivity index (χ0n) is 9.73. The van der Waals surface area contributed by atoms with Crippen LogP contribution < -0.4 is 0 Å². The lowest BCUT2D eigenvalue weighted by Crippen LogP contribution is -2.37. The van der Waals surface area contributed by atoms with Gasteiger partial charge in [0.25, 0.3) is 11.8 Å². The molecule has 1 heterocycles. The number of nitrogens with zero attached hydrogens (tertiary/aromatic N) is 2. The van der Waals surface area contributed by atoms with Crippen molar-refractivity contribution in [2.24, 2.45) is 0 Å². The maximum Gasteiger partial charge on any atom is 0.282 e. The molecule has 0 spiro atoms. The molecule has 0 saturated carbocycles. The Balaban J connectivity index is 2.35. The number of likely N-dealkylation sites (N-methyl/N-ethyl adjacent to an activating group) is 1. The number of carbonyl (C=O) groups excluding carboxylic acids is 2. The standard InChI is InChI=1S/C12H13N3O2/c1-3-10-11(16)14(2)15(12(10)17)9-6-4-8(13)5-7-9/h3-4,6-7,13H,5H2,1-2H3/b10-3+,13-8?. The molecule has 5 heteroatoms. The van der Waals surface area contributed by atoms with Crippen molar-refractivity contribution in [3.05, 3.63) is 35.6 Å². The number of amides is 2. The van der Waals surface area contributed by atoms with Gasteiger partial charge < -0.3 is 5.41 Å². The third-order valence-electron chi connectivity index (χ3n) is 2.77. The van der Waals surface area contributed by atoms with Crippen molar-refractivity contribution in [1.29, 1.82) is 5.41 Å². The summed E-state index contributed by atoms with van der Waals surface area (Å²) >= 11 is 0. The van der Waals surface area contributed by atoms with E-state index in [1.807, 2.05) is 0 Å². The van der Waals surface area contributed by atoms with Crippen LogP contribution in [0.5, 0.6) is 0 Å². The van der Waals surface area contributed by atoms with Crippen LogP contribution in [-0.2, 0) is 9.59 Å². The van der Waals surface area contributed by atoms with Crippen LogP contribution in [0.1, 0.15) is 13.3 Å². The van der Waals surface area contributed by atoms with Gasteiger partial charge in [0.05, 0.1) is 5.70 Å². The van der Waals surface area contributed by atoms with Crippen molar-refractivity contribution in [1.82, 2.24) is 10.0 Å². The molecule has 17 heavy (non-hydrogen) atoms. The van der Waals surface area contributed by atoms with Crippen molar-refractivity contribution in [2.75, 3.05) is 7.05 Å². The van der Waals surface area contributed by atoms with Gasteiger partial charge in [-0.1, -0.05) is 12.2 Å². The van der Waals surface area contributed by atoms with E-state index in [0.29, 0.717) is 17.8 Å². The highest BCUT2D eigenvalue weighted by Crippen LogP contribution is 2.24. The smallest absolute Gasteiger partial charge is 0.282 e. The molecule has 0 aromatic carbocycles. The molecule has 0 unspecified atom stereocenters. The van der Waals surface area contributed by atoms with Gasteiger partial charge in [0.1, 0.15) is 5.57 Å². The summed E-state index contributed by atoms with van der Waals surface area (Å²) in [6, 6.07) is 0. The molecule has 1 fully saturated rings. The molecule has 0 radical (unpaired) electrons. The number of nitrogens with one attached hydrogen (secondary N) is 1. The minimum absolute atomic E-state index is 0.183. The number of hydrazine groups is 1. The lowest BCUT2D eigenvalue weighted by Gasteiger charge is -2.25. The topological polar surface area (TPSA) is 64.5 Å². The van der Waals surface area contributed by atoms with E-state index in [1.54, 1.807) is 32.2 Å². The minimum Gasteiger partial charge on any atom is -0.305 e. The van der Waals surface area contributed by atoms with Gasteiger partial charge in [-0.2, -0.15) is 0 Å². The molecule has 0 atom stereocenters. The number of allylic oxidation sites excluding steroid dienone is 4. The molecule has 1 N–H and O–H groups in total. The Morgan fingerprint density at radius 2 is 2.00 bits per heavy atom. The predicted octanol–water partition coefficient (Wildman–Crippen LogP) is 1.01. The molecule has 1 aliphatic heterocycles. The highest BCUT2D eigenvalue weighted by molar-refractivity contribution is 6.23. The quantitative estimate of drug-likeness (QED) is 0.540. The molecule has 2 amide bonds. The van der Waals surface area contributed by atoms with Crippen LogP contribution in [0.25, 0.3) is 0 Å². The fourth-order valence-electron chi connectivity index (χ4n) is 1.84. The maximum absolute atomic E-state index is 12.0. The third-order valence-corrected chi connectivity index (χ3v) is 2.77. The second-order valence-corrected chi connectivity index (χ2v) is 3.84. The average Bonchev–Trinajstić information content (AvgIpc) is 2.52. The first kappa shape index (κ1) is 11.3. The Kier molecular flexibility index (Phi) is 2.67. The molecule has 2 aliphatic rings. The van der Waals surface area contributed by atoms with Crippen LogP contribution in [0.3, 0.4) is 0 Å². The molecular formula is C12H13N3O2. The summed E-state index contributed by atoms with van der Waals surface area (Å²) in [6.45, 7) is 1.67. The lowest BCUT2D eigenvalue weighted by molar-refractivity contribution is -0.139. The number of hydrogen-bond donors (Lipinski definition) is 1. The Morgan fingerprint density at radius 3 is 2.47 bits per heavy atom. The predicted molar refractivity (Wildman–Crippen MR) is 62.9 cm³/mol. The monoisotopic (exact) mass is 231 g/mol. The van der Waals surface area contributed by atoms with E-state index < -0.39 is 0 Å². The van der Waals surface area contributed by atoms with Gasteiger partial charge >= 0.3 is 0 Å². The second kappa shape index (κ2) is 4.01. The Labute approximate surface area is 99.2 Å². The van der Waals surface area contributed by atoms with E-state index in [2.05, 4.69) is 0 Å². The first-order chi connectivity index (χ1) is 8.06. The fourth-order valence-corrected chi connectivity index (χ4v) is 1.84. The highest BCUT2D eigenvalue weighted by Gasteiger charge is 2.39. The summed E-state index contributed by atoms with van der Waals surface area (Å²) in [6.07, 6.45) is 7.07. The number of hydrogen-bond acceptors (Lipinski definition) is 3. The van der Waals surface area contributed by atoms with E-state index in [0.717, 1.165) is 0 Å². The first-order valence-corrected chi connectivity index (χ1v) is 5.30. The zero-order chi connectivity index (χ0) is 12.6. The van der Waals surface area contributed by atoms with E-state index >= 15 is 0 Å². The number of rotatable bonds is 1.